The van der Waals surface area contributed by atoms with Crippen LogP contribution in [0.25, 0.3) is 0 Å². The Morgan fingerprint density at radius 1 is 1.42 bits per heavy atom. The number of nitrogens with one attached hydrogen (secondary N) is 1. The van der Waals surface area contributed by atoms with Crippen LogP contribution in [0.1, 0.15) is 35.5 Å². The first-order valence-corrected chi connectivity index (χ1v) is 7.84. The number of benzene rings is 1. The second kappa shape index (κ2) is 7.04. The molecule has 1 aromatic heterocycles. The molecule has 0 aliphatic rings. The van der Waals surface area contributed by atoms with E-state index in [1.54, 1.807) is 11.3 Å². The van der Waals surface area contributed by atoms with Gasteiger partial charge in [-0.15, -0.1) is 11.3 Å². The lowest BCUT2D eigenvalue weighted by Gasteiger charge is -2.18. The van der Waals surface area contributed by atoms with E-state index in [4.69, 9.17) is 11.6 Å². The molecule has 0 saturated heterocycles. The van der Waals surface area contributed by atoms with E-state index >= 15 is 0 Å². The highest BCUT2D eigenvalue weighted by molar-refractivity contribution is 7.09. The molecule has 2 rings (SSSR count). The standard InChI is InChI=1S/C15H19ClN2S/c1-3-6-17-14(10-15-18-7-8-19-15)12-5-4-11(2)13(16)9-12/h4-5,7-9,14,17H,3,6,10H2,1-2H3. The lowest BCUT2D eigenvalue weighted by molar-refractivity contribution is 0.528. The molecule has 0 fully saturated rings. The predicted octanol–water partition coefficient (Wildman–Crippen LogP) is 4.39. The van der Waals surface area contributed by atoms with E-state index in [1.807, 2.05) is 18.5 Å². The van der Waals surface area contributed by atoms with Gasteiger partial charge in [0, 0.05) is 29.1 Å². The summed E-state index contributed by atoms with van der Waals surface area (Å²) in [7, 11) is 0. The highest BCUT2D eigenvalue weighted by atomic mass is 35.5. The number of hydrogen-bond acceptors (Lipinski definition) is 3. The van der Waals surface area contributed by atoms with E-state index in [-0.39, 0.29) is 6.04 Å². The molecule has 1 aromatic carbocycles. The fourth-order valence-electron chi connectivity index (χ4n) is 1.98. The molecule has 0 aliphatic carbocycles. The predicted molar refractivity (Wildman–Crippen MR) is 83.0 cm³/mol. The molecule has 102 valence electrons. The fraction of sp³-hybridized carbons (Fsp3) is 0.400. The van der Waals surface area contributed by atoms with E-state index in [0.29, 0.717) is 0 Å². The van der Waals surface area contributed by atoms with Crippen LogP contribution in [0.2, 0.25) is 5.02 Å². The maximum absolute atomic E-state index is 6.23. The van der Waals surface area contributed by atoms with E-state index < -0.39 is 0 Å². The average molecular weight is 295 g/mol. The quantitative estimate of drug-likeness (QED) is 0.855. The van der Waals surface area contributed by atoms with Gasteiger partial charge in [-0.2, -0.15) is 0 Å². The van der Waals surface area contributed by atoms with Crippen LogP contribution < -0.4 is 5.32 Å². The minimum absolute atomic E-state index is 0.282. The van der Waals surface area contributed by atoms with Gasteiger partial charge in [0.25, 0.3) is 0 Å². The van der Waals surface area contributed by atoms with Crippen LogP contribution in [-0.2, 0) is 6.42 Å². The molecule has 0 aliphatic heterocycles. The number of rotatable bonds is 6. The molecule has 0 radical (unpaired) electrons. The Bertz CT molecular complexity index is 511. The molecule has 19 heavy (non-hydrogen) atoms. The van der Waals surface area contributed by atoms with Gasteiger partial charge in [0.15, 0.2) is 0 Å². The highest BCUT2D eigenvalue weighted by Gasteiger charge is 2.13. The third-order valence-corrected chi connectivity index (χ3v) is 4.31. The maximum Gasteiger partial charge on any atom is 0.0943 e. The van der Waals surface area contributed by atoms with Crippen molar-refractivity contribution in [2.75, 3.05) is 6.54 Å². The Labute approximate surface area is 123 Å². The first-order chi connectivity index (χ1) is 9.20. The minimum Gasteiger partial charge on any atom is -0.310 e. The molecular formula is C15H19ClN2S. The summed E-state index contributed by atoms with van der Waals surface area (Å²) < 4.78 is 0. The molecule has 1 unspecified atom stereocenters. The molecule has 2 nitrogen and oxygen atoms in total. The largest absolute Gasteiger partial charge is 0.310 e. The Morgan fingerprint density at radius 3 is 2.89 bits per heavy atom. The molecule has 2 aromatic rings. The normalized spacial score (nSPS) is 12.6. The summed E-state index contributed by atoms with van der Waals surface area (Å²) in [6.07, 6.45) is 3.89. The van der Waals surface area contributed by atoms with Gasteiger partial charge in [-0.1, -0.05) is 30.7 Å². The summed E-state index contributed by atoms with van der Waals surface area (Å²) in [5.74, 6) is 0. The number of thiazole rings is 1. The smallest absolute Gasteiger partial charge is 0.0943 e. The van der Waals surface area contributed by atoms with E-state index in [9.17, 15) is 0 Å². The van der Waals surface area contributed by atoms with Crippen LogP contribution in [0.5, 0.6) is 0 Å². The summed E-state index contributed by atoms with van der Waals surface area (Å²) >= 11 is 7.94. The summed E-state index contributed by atoms with van der Waals surface area (Å²) in [5.41, 5.74) is 2.35. The van der Waals surface area contributed by atoms with Gasteiger partial charge in [0.1, 0.15) is 0 Å². The first-order valence-electron chi connectivity index (χ1n) is 6.58. The van der Waals surface area contributed by atoms with Gasteiger partial charge in [0.05, 0.1) is 5.01 Å². The zero-order valence-electron chi connectivity index (χ0n) is 11.3. The lowest BCUT2D eigenvalue weighted by Crippen LogP contribution is -2.24. The van der Waals surface area contributed by atoms with Crippen LogP contribution in [-0.4, -0.2) is 11.5 Å². The van der Waals surface area contributed by atoms with Crippen LogP contribution in [0.3, 0.4) is 0 Å². The maximum atomic E-state index is 6.23. The van der Waals surface area contributed by atoms with Gasteiger partial charge in [0.2, 0.25) is 0 Å². The van der Waals surface area contributed by atoms with Crippen molar-refractivity contribution in [2.24, 2.45) is 0 Å². The van der Waals surface area contributed by atoms with Crippen molar-refractivity contribution in [2.45, 2.75) is 32.7 Å². The minimum atomic E-state index is 0.282. The molecule has 1 atom stereocenters. The Kier molecular flexibility index (Phi) is 5.37. The van der Waals surface area contributed by atoms with Crippen molar-refractivity contribution in [3.8, 4) is 0 Å². The number of aromatic nitrogens is 1. The van der Waals surface area contributed by atoms with Crippen LogP contribution in [0.4, 0.5) is 0 Å². The van der Waals surface area contributed by atoms with Crippen molar-refractivity contribution < 1.29 is 0 Å². The molecule has 0 bridgehead atoms. The van der Waals surface area contributed by atoms with Crippen LogP contribution in [0.15, 0.2) is 29.8 Å². The third-order valence-electron chi connectivity index (χ3n) is 3.10. The average Bonchev–Trinajstić information content (AvgIpc) is 2.91. The van der Waals surface area contributed by atoms with Gasteiger partial charge in [-0.3, -0.25) is 0 Å². The lowest BCUT2D eigenvalue weighted by atomic mass is 10.0. The second-order valence-electron chi connectivity index (χ2n) is 4.65. The van der Waals surface area contributed by atoms with Crippen LogP contribution in [0, 0.1) is 6.92 Å². The molecule has 1 heterocycles. The van der Waals surface area contributed by atoms with Gasteiger partial charge in [-0.25, -0.2) is 4.98 Å². The number of nitrogens with zero attached hydrogens (tertiary/aromatic N) is 1. The zero-order valence-corrected chi connectivity index (χ0v) is 12.9. The molecule has 0 amide bonds. The van der Waals surface area contributed by atoms with E-state index in [1.165, 1.54) is 5.56 Å². The van der Waals surface area contributed by atoms with Crippen molar-refractivity contribution in [1.29, 1.82) is 0 Å². The number of aryl methyl sites for hydroxylation is 1. The third kappa shape index (κ3) is 4.03. The van der Waals surface area contributed by atoms with Crippen molar-refractivity contribution in [3.05, 3.63) is 50.9 Å². The van der Waals surface area contributed by atoms with Crippen molar-refractivity contribution in [1.82, 2.24) is 10.3 Å². The van der Waals surface area contributed by atoms with Crippen LogP contribution >= 0.6 is 22.9 Å². The Hall–Kier alpha value is -0.900. The number of hydrogen-bond donors (Lipinski definition) is 1. The van der Waals surface area contributed by atoms with Gasteiger partial charge < -0.3 is 5.32 Å². The molecular weight excluding hydrogens is 276 g/mol. The van der Waals surface area contributed by atoms with E-state index in [0.717, 1.165) is 35.0 Å². The van der Waals surface area contributed by atoms with E-state index in [2.05, 4.69) is 35.4 Å². The Morgan fingerprint density at radius 2 is 2.26 bits per heavy atom. The summed E-state index contributed by atoms with van der Waals surface area (Å²) in [4.78, 5) is 4.38. The molecule has 4 heteroatoms. The Balaban J connectivity index is 2.18. The van der Waals surface area contributed by atoms with Crippen molar-refractivity contribution in [3.63, 3.8) is 0 Å². The summed E-state index contributed by atoms with van der Waals surface area (Å²) in [5, 5.41) is 7.59. The molecule has 0 spiro atoms. The van der Waals surface area contributed by atoms with Gasteiger partial charge >= 0.3 is 0 Å². The summed E-state index contributed by atoms with van der Waals surface area (Å²) in [6, 6.07) is 6.59. The first kappa shape index (κ1) is 14.5. The fourth-order valence-corrected chi connectivity index (χ4v) is 2.83. The number of halogens is 1. The van der Waals surface area contributed by atoms with Crippen molar-refractivity contribution >= 4 is 22.9 Å². The topological polar surface area (TPSA) is 24.9 Å². The highest BCUT2D eigenvalue weighted by Crippen LogP contribution is 2.24. The molecule has 1 N–H and O–H groups in total. The second-order valence-corrected chi connectivity index (χ2v) is 6.03. The monoisotopic (exact) mass is 294 g/mol. The SMILES string of the molecule is CCCNC(Cc1nccs1)c1ccc(C)c(Cl)c1. The molecule has 0 saturated carbocycles. The summed E-state index contributed by atoms with van der Waals surface area (Å²) in [6.45, 7) is 5.21. The zero-order chi connectivity index (χ0) is 13.7. The van der Waals surface area contributed by atoms with Gasteiger partial charge in [-0.05, 0) is 37.1 Å².